The molecule has 2 aliphatic heterocycles. The fraction of sp³-hybridized carbons (Fsp3) is 0.391. The molecule has 0 bridgehead atoms. The molecule has 0 saturated carbocycles. The summed E-state index contributed by atoms with van der Waals surface area (Å²) in [6, 6.07) is 14.0. The Morgan fingerprint density at radius 2 is 1.93 bits per heavy atom. The lowest BCUT2D eigenvalue weighted by atomic mass is 9.98. The number of amides is 1. The first-order valence-electron chi connectivity index (χ1n) is 10.2. The van der Waals surface area contributed by atoms with Crippen molar-refractivity contribution in [3.63, 3.8) is 0 Å². The second kappa shape index (κ2) is 8.64. The highest BCUT2D eigenvalue weighted by Crippen LogP contribution is 2.36. The Bertz CT molecular complexity index is 915. The topological polar surface area (TPSA) is 35.9 Å². The number of hydrazone groups is 1. The molecular formula is C23H25ClFN3O. The first-order valence-corrected chi connectivity index (χ1v) is 10.5. The summed E-state index contributed by atoms with van der Waals surface area (Å²) in [7, 11) is 0. The van der Waals surface area contributed by atoms with Gasteiger partial charge in [0.25, 0.3) is 5.91 Å². The Morgan fingerprint density at radius 3 is 2.66 bits per heavy atom. The van der Waals surface area contributed by atoms with Crippen molar-refractivity contribution in [2.75, 3.05) is 13.1 Å². The van der Waals surface area contributed by atoms with Crippen LogP contribution in [0, 0.1) is 5.82 Å². The van der Waals surface area contributed by atoms with Crippen molar-refractivity contribution in [1.82, 2.24) is 9.91 Å². The third kappa shape index (κ3) is 4.36. The number of piperidine rings is 1. The first-order chi connectivity index (χ1) is 14.0. The van der Waals surface area contributed by atoms with Gasteiger partial charge < -0.3 is 0 Å². The number of halogens is 2. The predicted octanol–water partition coefficient (Wildman–Crippen LogP) is 5.03. The molecule has 1 saturated heterocycles. The van der Waals surface area contributed by atoms with Gasteiger partial charge >= 0.3 is 0 Å². The SMILES string of the molecule is CC1CCCCN1CC(=O)N1N=C(c2ccc(F)cc2)CC1c1ccccc1Cl. The number of hydrogen-bond donors (Lipinski definition) is 0. The van der Waals surface area contributed by atoms with E-state index in [1.54, 1.807) is 17.1 Å². The molecule has 2 unspecified atom stereocenters. The fourth-order valence-electron chi connectivity index (χ4n) is 4.18. The smallest absolute Gasteiger partial charge is 0.257 e. The number of likely N-dealkylation sites (tertiary alicyclic amines) is 1. The van der Waals surface area contributed by atoms with E-state index in [4.69, 9.17) is 11.6 Å². The molecule has 152 valence electrons. The first kappa shape index (κ1) is 20.0. The molecule has 1 fully saturated rings. The van der Waals surface area contributed by atoms with Gasteiger partial charge in [-0.3, -0.25) is 9.69 Å². The molecule has 0 spiro atoms. The summed E-state index contributed by atoms with van der Waals surface area (Å²) in [5.41, 5.74) is 2.48. The molecule has 6 heteroatoms. The minimum atomic E-state index is -0.290. The summed E-state index contributed by atoms with van der Waals surface area (Å²) >= 11 is 6.45. The van der Waals surface area contributed by atoms with E-state index in [2.05, 4.69) is 16.9 Å². The average molecular weight is 414 g/mol. The van der Waals surface area contributed by atoms with E-state index >= 15 is 0 Å². The summed E-state index contributed by atoms with van der Waals surface area (Å²) in [4.78, 5) is 15.5. The van der Waals surface area contributed by atoms with Crippen LogP contribution in [0.2, 0.25) is 5.02 Å². The molecule has 2 aromatic carbocycles. The zero-order valence-corrected chi connectivity index (χ0v) is 17.3. The van der Waals surface area contributed by atoms with Crippen molar-refractivity contribution in [1.29, 1.82) is 0 Å². The fourth-order valence-corrected chi connectivity index (χ4v) is 4.45. The lowest BCUT2D eigenvalue weighted by Crippen LogP contribution is -2.44. The van der Waals surface area contributed by atoms with Gasteiger partial charge in [-0.15, -0.1) is 0 Å². The summed E-state index contributed by atoms with van der Waals surface area (Å²) in [6.07, 6.45) is 4.00. The highest BCUT2D eigenvalue weighted by Gasteiger charge is 2.35. The van der Waals surface area contributed by atoms with E-state index in [0.717, 1.165) is 36.2 Å². The summed E-state index contributed by atoms with van der Waals surface area (Å²) in [5, 5.41) is 6.88. The summed E-state index contributed by atoms with van der Waals surface area (Å²) < 4.78 is 13.3. The maximum absolute atomic E-state index is 13.3. The summed E-state index contributed by atoms with van der Waals surface area (Å²) in [5.74, 6) is -0.317. The Labute approximate surface area is 176 Å². The maximum atomic E-state index is 13.3. The van der Waals surface area contributed by atoms with E-state index in [1.165, 1.54) is 18.6 Å². The minimum absolute atomic E-state index is 0.0271. The largest absolute Gasteiger partial charge is 0.292 e. The van der Waals surface area contributed by atoms with Crippen LogP contribution < -0.4 is 0 Å². The molecular weight excluding hydrogens is 389 g/mol. The van der Waals surface area contributed by atoms with Gasteiger partial charge in [0.1, 0.15) is 5.82 Å². The quantitative estimate of drug-likeness (QED) is 0.704. The third-order valence-corrected chi connectivity index (χ3v) is 6.23. The number of rotatable bonds is 4. The molecule has 29 heavy (non-hydrogen) atoms. The second-order valence-corrected chi connectivity index (χ2v) is 8.26. The third-order valence-electron chi connectivity index (χ3n) is 5.89. The number of hydrogen-bond acceptors (Lipinski definition) is 3. The van der Waals surface area contributed by atoms with Crippen molar-refractivity contribution in [2.24, 2.45) is 5.10 Å². The van der Waals surface area contributed by atoms with Crippen molar-refractivity contribution in [2.45, 2.75) is 44.7 Å². The normalized spacial score (nSPS) is 22.6. The molecule has 2 aromatic rings. The van der Waals surface area contributed by atoms with Gasteiger partial charge in [-0.1, -0.05) is 48.4 Å². The molecule has 2 aliphatic rings. The van der Waals surface area contributed by atoms with Crippen LogP contribution in [0.1, 0.15) is 49.8 Å². The zero-order valence-electron chi connectivity index (χ0n) is 16.5. The van der Waals surface area contributed by atoms with Crippen LogP contribution in [-0.2, 0) is 4.79 Å². The average Bonchev–Trinajstić information content (AvgIpc) is 3.16. The number of benzene rings is 2. The second-order valence-electron chi connectivity index (χ2n) is 7.85. The van der Waals surface area contributed by atoms with E-state index in [-0.39, 0.29) is 17.8 Å². The van der Waals surface area contributed by atoms with Crippen LogP contribution in [0.15, 0.2) is 53.6 Å². The van der Waals surface area contributed by atoms with Crippen LogP contribution in [0.25, 0.3) is 0 Å². The molecule has 0 radical (unpaired) electrons. The van der Waals surface area contributed by atoms with Crippen LogP contribution in [-0.4, -0.2) is 40.7 Å². The van der Waals surface area contributed by atoms with Crippen LogP contribution in [0.5, 0.6) is 0 Å². The molecule has 1 amide bonds. The lowest BCUT2D eigenvalue weighted by molar-refractivity contribution is -0.135. The van der Waals surface area contributed by atoms with E-state index in [9.17, 15) is 9.18 Å². The highest BCUT2D eigenvalue weighted by molar-refractivity contribution is 6.31. The van der Waals surface area contributed by atoms with Gasteiger partial charge in [0.05, 0.1) is 18.3 Å². The molecule has 0 N–H and O–H groups in total. The van der Waals surface area contributed by atoms with Gasteiger partial charge in [0, 0.05) is 17.5 Å². The molecule has 2 heterocycles. The molecule has 4 nitrogen and oxygen atoms in total. The maximum Gasteiger partial charge on any atom is 0.257 e. The van der Waals surface area contributed by atoms with Gasteiger partial charge in [-0.05, 0) is 55.6 Å². The van der Waals surface area contributed by atoms with Crippen LogP contribution in [0.3, 0.4) is 0 Å². The number of nitrogens with zero attached hydrogens (tertiary/aromatic N) is 3. The number of carbonyl (C=O) groups excluding carboxylic acids is 1. The molecule has 0 aliphatic carbocycles. The van der Waals surface area contributed by atoms with Gasteiger partial charge in [0.15, 0.2) is 0 Å². The number of carbonyl (C=O) groups is 1. The zero-order chi connectivity index (χ0) is 20.4. The van der Waals surface area contributed by atoms with Gasteiger partial charge in [-0.2, -0.15) is 5.10 Å². The van der Waals surface area contributed by atoms with Crippen LogP contribution >= 0.6 is 11.6 Å². The molecule has 0 aromatic heterocycles. The Kier molecular flexibility index (Phi) is 5.97. The van der Waals surface area contributed by atoms with Gasteiger partial charge in [-0.25, -0.2) is 9.40 Å². The minimum Gasteiger partial charge on any atom is -0.292 e. The van der Waals surface area contributed by atoms with E-state index in [0.29, 0.717) is 24.0 Å². The van der Waals surface area contributed by atoms with Crippen molar-refractivity contribution in [3.05, 3.63) is 70.5 Å². The molecule has 2 atom stereocenters. The Morgan fingerprint density at radius 1 is 1.17 bits per heavy atom. The highest BCUT2D eigenvalue weighted by atomic mass is 35.5. The monoisotopic (exact) mass is 413 g/mol. The summed E-state index contributed by atoms with van der Waals surface area (Å²) in [6.45, 7) is 3.46. The van der Waals surface area contributed by atoms with E-state index < -0.39 is 0 Å². The lowest BCUT2D eigenvalue weighted by Gasteiger charge is -2.34. The van der Waals surface area contributed by atoms with Crippen molar-refractivity contribution >= 4 is 23.2 Å². The Hall–Kier alpha value is -2.24. The van der Waals surface area contributed by atoms with E-state index in [1.807, 2.05) is 24.3 Å². The van der Waals surface area contributed by atoms with Crippen LogP contribution in [0.4, 0.5) is 4.39 Å². The molecule has 4 rings (SSSR count). The Balaban J connectivity index is 1.62. The standard InChI is InChI=1S/C23H25ClFN3O/c1-16-6-4-5-13-27(16)15-23(29)28-22(19-7-2-3-8-20(19)24)14-21(26-28)17-9-11-18(25)12-10-17/h2-3,7-12,16,22H,4-6,13-15H2,1H3. The van der Waals surface area contributed by atoms with Gasteiger partial charge in [0.2, 0.25) is 0 Å². The van der Waals surface area contributed by atoms with Crippen molar-refractivity contribution in [3.8, 4) is 0 Å². The van der Waals surface area contributed by atoms with Crippen molar-refractivity contribution < 1.29 is 9.18 Å². The predicted molar refractivity (Wildman–Crippen MR) is 113 cm³/mol.